The van der Waals surface area contributed by atoms with Crippen LogP contribution in [0, 0.1) is 0 Å². The second kappa shape index (κ2) is 5.43. The van der Waals surface area contributed by atoms with E-state index in [4.69, 9.17) is 4.74 Å². The fourth-order valence-electron chi connectivity index (χ4n) is 3.43. The Labute approximate surface area is 140 Å². The van der Waals surface area contributed by atoms with Crippen molar-refractivity contribution >= 4 is 15.8 Å². The fourth-order valence-corrected chi connectivity index (χ4v) is 4.96. The number of sulfonamides is 1. The van der Waals surface area contributed by atoms with Crippen molar-refractivity contribution in [2.24, 2.45) is 0 Å². The molecule has 1 spiro atoms. The van der Waals surface area contributed by atoms with Crippen LogP contribution in [-0.4, -0.2) is 37.2 Å². The van der Waals surface area contributed by atoms with Gasteiger partial charge in [-0.2, -0.15) is 4.31 Å². The molecule has 1 fully saturated rings. The highest BCUT2D eigenvalue weighted by Gasteiger charge is 2.48. The van der Waals surface area contributed by atoms with E-state index in [1.54, 1.807) is 48.5 Å². The van der Waals surface area contributed by atoms with Crippen LogP contribution in [0.25, 0.3) is 0 Å². The van der Waals surface area contributed by atoms with Crippen molar-refractivity contribution in [3.05, 3.63) is 60.2 Å². The number of fused-ring (bicyclic) bond motifs is 1. The van der Waals surface area contributed by atoms with Crippen molar-refractivity contribution in [3.63, 3.8) is 0 Å². The molecule has 4 rings (SSSR count). The number of hydrogen-bond donors (Lipinski definition) is 0. The van der Waals surface area contributed by atoms with Crippen LogP contribution in [0.15, 0.2) is 59.5 Å². The first-order valence-electron chi connectivity index (χ1n) is 7.87. The van der Waals surface area contributed by atoms with E-state index in [1.165, 1.54) is 4.31 Å². The molecule has 1 saturated heterocycles. The zero-order chi connectivity index (χ0) is 16.8. The zero-order valence-electron chi connectivity index (χ0n) is 13.0. The summed E-state index contributed by atoms with van der Waals surface area (Å²) in [5, 5.41) is 0. The van der Waals surface area contributed by atoms with Gasteiger partial charge in [0.25, 0.3) is 0 Å². The second-order valence-electron chi connectivity index (χ2n) is 6.28. The molecule has 0 N–H and O–H groups in total. The lowest BCUT2D eigenvalue weighted by Crippen LogP contribution is -2.45. The van der Waals surface area contributed by atoms with Crippen LogP contribution in [0.1, 0.15) is 23.2 Å². The summed E-state index contributed by atoms with van der Waals surface area (Å²) in [6.45, 7) is 0.553. The monoisotopic (exact) mass is 343 g/mol. The Balaban J connectivity index is 1.63. The molecule has 5 nitrogen and oxygen atoms in total. The van der Waals surface area contributed by atoms with Gasteiger partial charge in [0, 0.05) is 13.0 Å². The predicted octanol–water partition coefficient (Wildman–Crippen LogP) is 2.49. The number of ketones is 1. The summed E-state index contributed by atoms with van der Waals surface area (Å²) in [5.74, 6) is 0.559. The van der Waals surface area contributed by atoms with Gasteiger partial charge < -0.3 is 4.74 Å². The van der Waals surface area contributed by atoms with Gasteiger partial charge >= 0.3 is 0 Å². The largest absolute Gasteiger partial charge is 0.485 e. The quantitative estimate of drug-likeness (QED) is 0.840. The Kier molecular flexibility index (Phi) is 3.47. The molecular formula is C18H17NO4S. The van der Waals surface area contributed by atoms with Crippen LogP contribution in [0.5, 0.6) is 5.75 Å². The van der Waals surface area contributed by atoms with E-state index in [-0.39, 0.29) is 23.6 Å². The highest BCUT2D eigenvalue weighted by atomic mass is 32.2. The second-order valence-corrected chi connectivity index (χ2v) is 8.22. The van der Waals surface area contributed by atoms with Gasteiger partial charge in [-0.3, -0.25) is 4.79 Å². The molecule has 24 heavy (non-hydrogen) atoms. The van der Waals surface area contributed by atoms with Crippen LogP contribution in [-0.2, 0) is 10.0 Å². The van der Waals surface area contributed by atoms with Gasteiger partial charge in [-0.1, -0.05) is 30.3 Å². The average Bonchev–Trinajstić information content (AvgIpc) is 2.99. The van der Waals surface area contributed by atoms with Gasteiger partial charge in [0.1, 0.15) is 11.4 Å². The van der Waals surface area contributed by atoms with Crippen molar-refractivity contribution in [1.82, 2.24) is 4.31 Å². The Morgan fingerprint density at radius 2 is 1.71 bits per heavy atom. The van der Waals surface area contributed by atoms with Crippen molar-refractivity contribution in [3.8, 4) is 5.75 Å². The molecule has 2 heterocycles. The van der Waals surface area contributed by atoms with Gasteiger partial charge in [0.05, 0.1) is 23.4 Å². The normalized spacial score (nSPS) is 23.9. The molecule has 0 bridgehead atoms. The Morgan fingerprint density at radius 3 is 2.50 bits per heavy atom. The fraction of sp³-hybridized carbons (Fsp3) is 0.278. The molecular weight excluding hydrogens is 326 g/mol. The molecule has 2 aliphatic rings. The Bertz CT molecular complexity index is 894. The lowest BCUT2D eigenvalue weighted by atomic mass is 9.89. The van der Waals surface area contributed by atoms with E-state index in [2.05, 4.69) is 0 Å². The third-order valence-corrected chi connectivity index (χ3v) is 6.52. The molecule has 0 aliphatic carbocycles. The van der Waals surface area contributed by atoms with Crippen molar-refractivity contribution in [2.45, 2.75) is 23.3 Å². The van der Waals surface area contributed by atoms with E-state index in [1.807, 2.05) is 6.07 Å². The summed E-state index contributed by atoms with van der Waals surface area (Å²) >= 11 is 0. The molecule has 0 saturated carbocycles. The first-order valence-corrected chi connectivity index (χ1v) is 9.31. The number of benzene rings is 2. The Morgan fingerprint density at radius 1 is 1.00 bits per heavy atom. The molecule has 0 radical (unpaired) electrons. The number of carbonyl (C=O) groups excluding carboxylic acids is 1. The molecule has 2 aromatic carbocycles. The number of rotatable bonds is 2. The van der Waals surface area contributed by atoms with Crippen LogP contribution in [0.2, 0.25) is 0 Å². The minimum absolute atomic E-state index is 0.0100. The molecule has 2 aliphatic heterocycles. The molecule has 2 aromatic rings. The highest BCUT2D eigenvalue weighted by molar-refractivity contribution is 7.89. The standard InChI is InChI=1S/C18H17NO4S/c20-16-12-18(23-17-9-5-4-8-15(16)17)10-11-19(13-18)24(21,22)14-6-2-1-3-7-14/h1-9H,10-13H2. The van der Waals surface area contributed by atoms with E-state index < -0.39 is 15.6 Å². The summed E-state index contributed by atoms with van der Waals surface area (Å²) in [6, 6.07) is 15.5. The van der Waals surface area contributed by atoms with Crippen LogP contribution in [0.3, 0.4) is 0 Å². The summed E-state index contributed by atoms with van der Waals surface area (Å²) in [4.78, 5) is 12.7. The number of nitrogens with zero attached hydrogens (tertiary/aromatic N) is 1. The molecule has 0 aromatic heterocycles. The maximum atomic E-state index is 12.8. The van der Waals surface area contributed by atoms with Crippen LogP contribution < -0.4 is 4.74 Å². The topological polar surface area (TPSA) is 63.7 Å². The van der Waals surface area contributed by atoms with Crippen molar-refractivity contribution < 1.29 is 17.9 Å². The number of para-hydroxylation sites is 1. The minimum atomic E-state index is -3.57. The van der Waals surface area contributed by atoms with Gasteiger partial charge in [0.15, 0.2) is 5.78 Å². The third-order valence-electron chi connectivity index (χ3n) is 4.66. The number of carbonyl (C=O) groups is 1. The number of ether oxygens (including phenoxy) is 1. The number of hydrogen-bond acceptors (Lipinski definition) is 4. The van der Waals surface area contributed by atoms with Crippen molar-refractivity contribution in [2.75, 3.05) is 13.1 Å². The van der Waals surface area contributed by atoms with E-state index in [0.29, 0.717) is 24.3 Å². The Hall–Kier alpha value is -2.18. The molecule has 1 unspecified atom stereocenters. The lowest BCUT2D eigenvalue weighted by Gasteiger charge is -2.34. The predicted molar refractivity (Wildman–Crippen MR) is 88.6 cm³/mol. The van der Waals surface area contributed by atoms with E-state index in [9.17, 15) is 13.2 Å². The van der Waals surface area contributed by atoms with Crippen LogP contribution >= 0.6 is 0 Å². The molecule has 1 atom stereocenters. The first kappa shape index (κ1) is 15.4. The maximum absolute atomic E-state index is 12.8. The van der Waals surface area contributed by atoms with Crippen molar-refractivity contribution in [1.29, 1.82) is 0 Å². The zero-order valence-corrected chi connectivity index (χ0v) is 13.8. The summed E-state index contributed by atoms with van der Waals surface area (Å²) in [7, 11) is -3.57. The summed E-state index contributed by atoms with van der Waals surface area (Å²) in [6.07, 6.45) is 0.726. The van der Waals surface area contributed by atoms with Gasteiger partial charge in [0.2, 0.25) is 10.0 Å². The minimum Gasteiger partial charge on any atom is -0.485 e. The van der Waals surface area contributed by atoms with Gasteiger partial charge in [-0.05, 0) is 24.3 Å². The molecule has 124 valence electrons. The summed E-state index contributed by atoms with van der Waals surface area (Å²) < 4.78 is 33.1. The summed E-state index contributed by atoms with van der Waals surface area (Å²) in [5.41, 5.74) is -0.180. The molecule has 0 amide bonds. The van der Waals surface area contributed by atoms with Crippen LogP contribution in [0.4, 0.5) is 0 Å². The average molecular weight is 343 g/mol. The third kappa shape index (κ3) is 2.42. The van der Waals surface area contributed by atoms with E-state index >= 15 is 0 Å². The van der Waals surface area contributed by atoms with E-state index in [0.717, 1.165) is 0 Å². The first-order chi connectivity index (χ1) is 11.5. The smallest absolute Gasteiger partial charge is 0.243 e. The lowest BCUT2D eigenvalue weighted by molar-refractivity contribution is 0.0498. The highest BCUT2D eigenvalue weighted by Crippen LogP contribution is 2.39. The molecule has 6 heteroatoms. The van der Waals surface area contributed by atoms with Gasteiger partial charge in [-0.25, -0.2) is 8.42 Å². The SMILES string of the molecule is O=C1CC2(CCN(S(=O)(=O)c3ccccc3)C2)Oc2ccccc21. The number of Topliss-reactive ketones (excluding diaryl/α,β-unsaturated/α-hetero) is 1. The van der Waals surface area contributed by atoms with Gasteiger partial charge in [-0.15, -0.1) is 0 Å². The maximum Gasteiger partial charge on any atom is 0.243 e.